The van der Waals surface area contributed by atoms with Crippen molar-refractivity contribution in [1.29, 1.82) is 0 Å². The summed E-state index contributed by atoms with van der Waals surface area (Å²) in [6.07, 6.45) is 0. The van der Waals surface area contributed by atoms with Crippen molar-refractivity contribution in [3.8, 4) is 5.75 Å². The Morgan fingerprint density at radius 1 is 1.08 bits per heavy atom. The van der Waals surface area contributed by atoms with Crippen LogP contribution in [0.5, 0.6) is 5.75 Å². The Hall–Kier alpha value is -2.53. The molecule has 0 atom stereocenters. The molecule has 0 aliphatic rings. The summed E-state index contributed by atoms with van der Waals surface area (Å²) in [7, 11) is 1.53. The molecule has 0 unspecified atom stereocenters. The zero-order chi connectivity index (χ0) is 17.7. The van der Waals surface area contributed by atoms with Crippen molar-refractivity contribution in [1.82, 2.24) is 0 Å². The molecule has 1 N–H and O–H groups in total. The van der Waals surface area contributed by atoms with Crippen LogP contribution in [0.15, 0.2) is 36.4 Å². The summed E-state index contributed by atoms with van der Waals surface area (Å²) in [5.74, 6) is -0.448. The Morgan fingerprint density at radius 3 is 2.46 bits per heavy atom. The largest absolute Gasteiger partial charge is 0.496 e. The van der Waals surface area contributed by atoms with Crippen LogP contribution in [-0.2, 0) is 9.53 Å². The lowest BCUT2D eigenvalue weighted by atomic mass is 10.1. The van der Waals surface area contributed by atoms with E-state index in [1.807, 2.05) is 13.8 Å². The van der Waals surface area contributed by atoms with Crippen molar-refractivity contribution < 1.29 is 19.1 Å². The van der Waals surface area contributed by atoms with Gasteiger partial charge in [-0.25, -0.2) is 4.79 Å². The number of nitrogens with one attached hydrogen (secondary N) is 1. The van der Waals surface area contributed by atoms with Crippen molar-refractivity contribution in [3.05, 3.63) is 58.1 Å². The molecule has 6 heteroatoms. The zero-order valence-corrected chi connectivity index (χ0v) is 14.4. The third-order valence-electron chi connectivity index (χ3n) is 3.43. The number of benzene rings is 2. The van der Waals surface area contributed by atoms with Gasteiger partial charge in [-0.05, 0) is 49.2 Å². The molecule has 0 fully saturated rings. The van der Waals surface area contributed by atoms with Crippen LogP contribution in [0.2, 0.25) is 5.02 Å². The molecule has 0 heterocycles. The van der Waals surface area contributed by atoms with Gasteiger partial charge in [0, 0.05) is 10.7 Å². The third kappa shape index (κ3) is 4.49. The van der Waals surface area contributed by atoms with E-state index in [1.54, 1.807) is 36.4 Å². The second kappa shape index (κ2) is 7.84. The standard InChI is InChI=1S/C18H18ClNO4/c1-11-5-7-14(9-15(11)19)20-17(21)10-24-18(22)13-6-4-12(2)16(8-13)23-3/h4-9H,10H2,1-3H3,(H,20,21). The number of anilines is 1. The fraction of sp³-hybridized carbons (Fsp3) is 0.222. The molecule has 0 aliphatic heterocycles. The van der Waals surface area contributed by atoms with Gasteiger partial charge in [-0.3, -0.25) is 4.79 Å². The zero-order valence-electron chi connectivity index (χ0n) is 13.7. The molecule has 1 amide bonds. The van der Waals surface area contributed by atoms with Gasteiger partial charge in [-0.15, -0.1) is 0 Å². The highest BCUT2D eigenvalue weighted by molar-refractivity contribution is 6.31. The second-order valence-electron chi connectivity index (χ2n) is 5.27. The van der Waals surface area contributed by atoms with Crippen molar-refractivity contribution in [2.75, 3.05) is 19.0 Å². The van der Waals surface area contributed by atoms with Gasteiger partial charge < -0.3 is 14.8 Å². The highest BCUT2D eigenvalue weighted by Crippen LogP contribution is 2.21. The lowest BCUT2D eigenvalue weighted by Crippen LogP contribution is -2.21. The molecule has 2 aromatic rings. The summed E-state index contributed by atoms with van der Waals surface area (Å²) in [6, 6.07) is 10.1. The molecule has 126 valence electrons. The Labute approximate surface area is 145 Å². The van der Waals surface area contributed by atoms with E-state index in [1.165, 1.54) is 7.11 Å². The number of hydrogen-bond acceptors (Lipinski definition) is 4. The second-order valence-corrected chi connectivity index (χ2v) is 5.68. The first-order valence-electron chi connectivity index (χ1n) is 7.28. The Kier molecular flexibility index (Phi) is 5.82. The quantitative estimate of drug-likeness (QED) is 0.836. The number of rotatable bonds is 5. The van der Waals surface area contributed by atoms with Gasteiger partial charge in [0.1, 0.15) is 5.75 Å². The molecule has 0 bridgehead atoms. The van der Waals surface area contributed by atoms with E-state index in [9.17, 15) is 9.59 Å². The van der Waals surface area contributed by atoms with Crippen molar-refractivity contribution in [3.63, 3.8) is 0 Å². The van der Waals surface area contributed by atoms with Gasteiger partial charge in [0.05, 0.1) is 12.7 Å². The Bertz CT molecular complexity index is 774. The highest BCUT2D eigenvalue weighted by Gasteiger charge is 2.12. The van der Waals surface area contributed by atoms with Crippen LogP contribution in [0.1, 0.15) is 21.5 Å². The van der Waals surface area contributed by atoms with E-state index in [-0.39, 0.29) is 6.61 Å². The lowest BCUT2D eigenvalue weighted by Gasteiger charge is -2.09. The van der Waals surface area contributed by atoms with Crippen LogP contribution < -0.4 is 10.1 Å². The van der Waals surface area contributed by atoms with Crippen LogP contribution in [0.4, 0.5) is 5.69 Å². The van der Waals surface area contributed by atoms with Crippen LogP contribution >= 0.6 is 11.6 Å². The monoisotopic (exact) mass is 347 g/mol. The predicted molar refractivity (Wildman–Crippen MR) is 92.8 cm³/mol. The molecule has 2 rings (SSSR count). The fourth-order valence-electron chi connectivity index (χ4n) is 2.03. The number of amides is 1. The fourth-order valence-corrected chi connectivity index (χ4v) is 2.21. The van der Waals surface area contributed by atoms with E-state index in [0.717, 1.165) is 11.1 Å². The summed E-state index contributed by atoms with van der Waals surface area (Å²) < 4.78 is 10.2. The molecule has 24 heavy (non-hydrogen) atoms. The molecule has 5 nitrogen and oxygen atoms in total. The number of ether oxygens (including phenoxy) is 2. The number of esters is 1. The predicted octanol–water partition coefficient (Wildman–Crippen LogP) is 3.76. The summed E-state index contributed by atoms with van der Waals surface area (Å²) in [5, 5.41) is 3.18. The minimum atomic E-state index is -0.592. The van der Waals surface area contributed by atoms with Crippen molar-refractivity contribution >= 4 is 29.2 Å². The number of carbonyl (C=O) groups is 2. The van der Waals surface area contributed by atoms with E-state index in [0.29, 0.717) is 22.0 Å². The Balaban J connectivity index is 1.93. The van der Waals surface area contributed by atoms with Gasteiger partial charge in [-0.1, -0.05) is 23.7 Å². The minimum absolute atomic E-state index is 0.323. The molecule has 2 aromatic carbocycles. The van der Waals surface area contributed by atoms with Gasteiger partial charge in [0.2, 0.25) is 0 Å². The number of methoxy groups -OCH3 is 1. The molecule has 0 saturated heterocycles. The lowest BCUT2D eigenvalue weighted by molar-refractivity contribution is -0.119. The minimum Gasteiger partial charge on any atom is -0.496 e. The van der Waals surface area contributed by atoms with Crippen LogP contribution in [0.3, 0.4) is 0 Å². The maximum absolute atomic E-state index is 12.0. The van der Waals surface area contributed by atoms with E-state index < -0.39 is 11.9 Å². The Morgan fingerprint density at radius 2 is 1.79 bits per heavy atom. The van der Waals surface area contributed by atoms with E-state index in [2.05, 4.69) is 5.32 Å². The molecule has 0 spiro atoms. The molecular weight excluding hydrogens is 330 g/mol. The van der Waals surface area contributed by atoms with Crippen LogP contribution in [0.25, 0.3) is 0 Å². The number of halogens is 1. The third-order valence-corrected chi connectivity index (χ3v) is 3.84. The molecular formula is C18H18ClNO4. The average molecular weight is 348 g/mol. The van der Waals surface area contributed by atoms with Crippen LogP contribution in [0, 0.1) is 13.8 Å². The summed E-state index contributed by atoms with van der Waals surface area (Å²) in [5.41, 5.74) is 2.68. The maximum atomic E-state index is 12.0. The summed E-state index contributed by atoms with van der Waals surface area (Å²) in [4.78, 5) is 23.9. The number of hydrogen-bond donors (Lipinski definition) is 1. The molecule has 0 aliphatic carbocycles. The smallest absolute Gasteiger partial charge is 0.338 e. The normalized spacial score (nSPS) is 10.2. The summed E-state index contributed by atoms with van der Waals surface area (Å²) in [6.45, 7) is 3.35. The maximum Gasteiger partial charge on any atom is 0.338 e. The van der Waals surface area contributed by atoms with Gasteiger partial charge in [-0.2, -0.15) is 0 Å². The van der Waals surface area contributed by atoms with Crippen molar-refractivity contribution in [2.45, 2.75) is 13.8 Å². The van der Waals surface area contributed by atoms with Gasteiger partial charge >= 0.3 is 5.97 Å². The average Bonchev–Trinajstić information content (AvgIpc) is 2.56. The summed E-state index contributed by atoms with van der Waals surface area (Å²) >= 11 is 6.00. The number of carbonyl (C=O) groups excluding carboxylic acids is 2. The van der Waals surface area contributed by atoms with Crippen LogP contribution in [-0.4, -0.2) is 25.6 Å². The first kappa shape index (κ1) is 17.8. The van der Waals surface area contributed by atoms with Gasteiger partial charge in [0.25, 0.3) is 5.91 Å². The first-order valence-corrected chi connectivity index (χ1v) is 7.66. The number of aryl methyl sites for hydroxylation is 2. The van der Waals surface area contributed by atoms with E-state index in [4.69, 9.17) is 21.1 Å². The first-order chi connectivity index (χ1) is 11.4. The topological polar surface area (TPSA) is 64.6 Å². The van der Waals surface area contributed by atoms with Gasteiger partial charge in [0.15, 0.2) is 6.61 Å². The molecule has 0 saturated carbocycles. The van der Waals surface area contributed by atoms with Crippen molar-refractivity contribution in [2.24, 2.45) is 0 Å². The SMILES string of the molecule is COc1cc(C(=O)OCC(=O)Nc2ccc(C)c(Cl)c2)ccc1C. The van der Waals surface area contributed by atoms with E-state index >= 15 is 0 Å². The molecule has 0 radical (unpaired) electrons. The molecule has 0 aromatic heterocycles. The highest BCUT2D eigenvalue weighted by atomic mass is 35.5.